The topological polar surface area (TPSA) is 194 Å². The highest BCUT2D eigenvalue weighted by Gasteiger charge is 2.22. The number of hydrogen-bond donors (Lipinski definition) is 5. The Balaban J connectivity index is 0.00000103. The highest BCUT2D eigenvalue weighted by Crippen LogP contribution is 2.31. The lowest BCUT2D eigenvalue weighted by molar-refractivity contribution is -0.134. The predicted molar refractivity (Wildman–Crippen MR) is 145 cm³/mol. The van der Waals surface area contributed by atoms with Crippen LogP contribution >= 0.6 is 0 Å². The predicted octanol–water partition coefficient (Wildman–Crippen LogP) is 2.67. The van der Waals surface area contributed by atoms with Crippen LogP contribution in [0.25, 0.3) is 5.82 Å². The average molecular weight is 553 g/mol. The van der Waals surface area contributed by atoms with E-state index in [2.05, 4.69) is 25.6 Å². The Hall–Kier alpha value is -5.27. The van der Waals surface area contributed by atoms with Gasteiger partial charge in [0.05, 0.1) is 6.61 Å². The zero-order valence-corrected chi connectivity index (χ0v) is 21.8. The van der Waals surface area contributed by atoms with E-state index in [1.165, 1.54) is 6.20 Å². The Morgan fingerprint density at radius 2 is 1.88 bits per heavy atom. The molecule has 0 radical (unpaired) electrons. The van der Waals surface area contributed by atoms with Crippen LogP contribution in [0, 0.1) is 5.41 Å². The van der Waals surface area contributed by atoms with Gasteiger partial charge < -0.3 is 25.6 Å². The highest BCUT2D eigenvalue weighted by molar-refractivity contribution is 5.95. The standard InChI is InChI=1S/C24H25FN8O3.C2H4O2/c1-2-35-18-12-16(13-19(14-18)36-11-9-25)21(29-17-7-5-15(6-8-17)22(26)27)23-30-24(34)33(32-23)20-4-3-10-28-31-20;1-2(3)4/h3-8,10,12-14,21,29H,2,9,11H2,1H3,(H3,26,27)(H,30,32,34);1H3,(H,3,4). The maximum Gasteiger partial charge on any atom is 0.349 e. The SMILES string of the molecule is CC(=O)O.CCOc1cc(OCCF)cc(C(Nc2ccc(C(=N)N)cc2)c2nn(-c3cccnn3)c(=O)[nH]2)c1. The molecule has 210 valence electrons. The third-order valence-corrected chi connectivity index (χ3v) is 5.08. The minimum absolute atomic E-state index is 0.0517. The van der Waals surface area contributed by atoms with Gasteiger partial charge in [0.1, 0.15) is 36.7 Å². The Bertz CT molecular complexity index is 1470. The molecular formula is C26H29FN8O5. The van der Waals surface area contributed by atoms with Gasteiger partial charge in [0, 0.05) is 30.4 Å². The van der Waals surface area contributed by atoms with Crippen molar-refractivity contribution in [2.24, 2.45) is 5.73 Å². The second-order valence-corrected chi connectivity index (χ2v) is 8.10. The first-order valence-corrected chi connectivity index (χ1v) is 12.1. The first-order valence-electron chi connectivity index (χ1n) is 12.1. The molecular weight excluding hydrogens is 523 g/mol. The highest BCUT2D eigenvalue weighted by atomic mass is 19.1. The van der Waals surface area contributed by atoms with Crippen LogP contribution in [0.3, 0.4) is 0 Å². The van der Waals surface area contributed by atoms with E-state index in [1.807, 2.05) is 6.92 Å². The van der Waals surface area contributed by atoms with E-state index in [-0.39, 0.29) is 24.1 Å². The number of nitrogen functional groups attached to an aromatic ring is 1. The van der Waals surface area contributed by atoms with Gasteiger partial charge in [-0.3, -0.25) is 15.2 Å². The molecule has 0 bridgehead atoms. The van der Waals surface area contributed by atoms with Gasteiger partial charge in [0.2, 0.25) is 0 Å². The largest absolute Gasteiger partial charge is 0.494 e. The van der Waals surface area contributed by atoms with Crippen LogP contribution in [-0.4, -0.2) is 61.8 Å². The summed E-state index contributed by atoms with van der Waals surface area (Å²) in [7, 11) is 0. The molecule has 14 heteroatoms. The number of anilines is 1. The number of amidine groups is 1. The van der Waals surface area contributed by atoms with Gasteiger partial charge >= 0.3 is 5.69 Å². The van der Waals surface area contributed by atoms with Gasteiger partial charge in [-0.25, -0.2) is 9.18 Å². The molecule has 6 N–H and O–H groups in total. The van der Waals surface area contributed by atoms with E-state index in [0.717, 1.165) is 11.6 Å². The summed E-state index contributed by atoms with van der Waals surface area (Å²) in [4.78, 5) is 24.5. The fourth-order valence-corrected chi connectivity index (χ4v) is 3.50. The molecule has 2 heterocycles. The number of halogens is 1. The van der Waals surface area contributed by atoms with Crippen molar-refractivity contribution in [3.63, 3.8) is 0 Å². The van der Waals surface area contributed by atoms with Gasteiger partial charge in [0.15, 0.2) is 11.6 Å². The minimum atomic E-state index is -0.833. The van der Waals surface area contributed by atoms with Crippen molar-refractivity contribution in [3.8, 4) is 17.3 Å². The monoisotopic (exact) mass is 552 g/mol. The lowest BCUT2D eigenvalue weighted by Gasteiger charge is -2.20. The number of hydrogen-bond acceptors (Lipinski definition) is 9. The molecule has 1 atom stereocenters. The summed E-state index contributed by atoms with van der Waals surface area (Å²) in [5.41, 5.74) is 6.95. The molecule has 0 fully saturated rings. The number of ether oxygens (including phenoxy) is 2. The molecule has 1 unspecified atom stereocenters. The van der Waals surface area contributed by atoms with E-state index in [4.69, 9.17) is 30.5 Å². The molecule has 2 aromatic carbocycles. The lowest BCUT2D eigenvalue weighted by atomic mass is 10.0. The van der Waals surface area contributed by atoms with Crippen molar-refractivity contribution in [2.75, 3.05) is 25.2 Å². The molecule has 2 aromatic heterocycles. The van der Waals surface area contributed by atoms with E-state index in [1.54, 1.807) is 54.6 Å². The van der Waals surface area contributed by atoms with Gasteiger partial charge in [-0.1, -0.05) is 0 Å². The zero-order valence-electron chi connectivity index (χ0n) is 21.8. The molecule has 0 aliphatic heterocycles. The lowest BCUT2D eigenvalue weighted by Crippen LogP contribution is -2.17. The molecule has 13 nitrogen and oxygen atoms in total. The Kier molecular flexibility index (Phi) is 10.3. The molecule has 0 saturated carbocycles. The number of carbonyl (C=O) groups is 1. The van der Waals surface area contributed by atoms with E-state index in [9.17, 15) is 9.18 Å². The van der Waals surface area contributed by atoms with E-state index in [0.29, 0.717) is 34.9 Å². The van der Waals surface area contributed by atoms with Crippen molar-refractivity contribution in [2.45, 2.75) is 19.9 Å². The quantitative estimate of drug-likeness (QED) is 0.136. The number of aromatic amines is 1. The molecule has 4 rings (SSSR count). The van der Waals surface area contributed by atoms with Crippen molar-refractivity contribution in [3.05, 3.63) is 88.2 Å². The molecule has 0 saturated heterocycles. The van der Waals surface area contributed by atoms with Crippen LogP contribution in [0.2, 0.25) is 0 Å². The second-order valence-electron chi connectivity index (χ2n) is 8.10. The first kappa shape index (κ1) is 29.3. The van der Waals surface area contributed by atoms with Crippen molar-refractivity contribution < 1.29 is 23.8 Å². The fraction of sp³-hybridized carbons (Fsp3) is 0.231. The summed E-state index contributed by atoms with van der Waals surface area (Å²) >= 11 is 0. The number of aliphatic carboxylic acids is 1. The molecule has 0 amide bonds. The number of carboxylic acid groups (broad SMARTS) is 1. The Morgan fingerprint density at radius 3 is 2.45 bits per heavy atom. The number of aromatic nitrogens is 5. The second kappa shape index (κ2) is 14.0. The van der Waals surface area contributed by atoms with Crippen LogP contribution in [0.5, 0.6) is 11.5 Å². The smallest absolute Gasteiger partial charge is 0.349 e. The number of nitrogens with one attached hydrogen (secondary N) is 3. The summed E-state index contributed by atoms with van der Waals surface area (Å²) < 4.78 is 25.1. The average Bonchev–Trinajstić information content (AvgIpc) is 3.32. The van der Waals surface area contributed by atoms with Gasteiger partial charge in [-0.05, 0) is 61.0 Å². The number of benzene rings is 2. The Morgan fingerprint density at radius 1 is 1.20 bits per heavy atom. The summed E-state index contributed by atoms with van der Waals surface area (Å²) in [6.07, 6.45) is 1.50. The zero-order chi connectivity index (χ0) is 29.1. The molecule has 4 aromatic rings. The van der Waals surface area contributed by atoms with Crippen LogP contribution < -0.4 is 26.2 Å². The third-order valence-electron chi connectivity index (χ3n) is 5.08. The normalized spacial score (nSPS) is 11.1. The van der Waals surface area contributed by atoms with Crippen LogP contribution in [0.15, 0.2) is 65.6 Å². The van der Waals surface area contributed by atoms with Gasteiger partial charge in [-0.2, -0.15) is 9.78 Å². The maximum atomic E-state index is 12.8. The maximum absolute atomic E-state index is 12.8. The van der Waals surface area contributed by atoms with Crippen LogP contribution in [0.1, 0.15) is 36.8 Å². The minimum Gasteiger partial charge on any atom is -0.494 e. The number of carboxylic acids is 1. The van der Waals surface area contributed by atoms with Gasteiger partial charge in [0.25, 0.3) is 5.97 Å². The van der Waals surface area contributed by atoms with Crippen molar-refractivity contribution >= 4 is 17.5 Å². The summed E-state index contributed by atoms with van der Waals surface area (Å²) in [5.74, 6) is 0.571. The first-order chi connectivity index (χ1) is 19.2. The van der Waals surface area contributed by atoms with Crippen LogP contribution in [-0.2, 0) is 4.79 Å². The van der Waals surface area contributed by atoms with Gasteiger partial charge in [-0.15, -0.1) is 10.2 Å². The number of H-pyrrole nitrogens is 1. The molecule has 40 heavy (non-hydrogen) atoms. The summed E-state index contributed by atoms with van der Waals surface area (Å²) in [5, 5.41) is 30.6. The van der Waals surface area contributed by atoms with E-state index < -0.39 is 24.4 Å². The summed E-state index contributed by atoms with van der Waals surface area (Å²) in [6.45, 7) is 2.59. The fourth-order valence-electron chi connectivity index (χ4n) is 3.50. The number of nitrogens with zero attached hydrogens (tertiary/aromatic N) is 4. The number of alkyl halides is 1. The van der Waals surface area contributed by atoms with Crippen molar-refractivity contribution in [1.82, 2.24) is 25.0 Å². The molecule has 0 spiro atoms. The van der Waals surface area contributed by atoms with Crippen molar-refractivity contribution in [1.29, 1.82) is 5.41 Å². The third kappa shape index (κ3) is 8.11. The molecule has 0 aliphatic rings. The van der Waals surface area contributed by atoms with E-state index >= 15 is 0 Å². The summed E-state index contributed by atoms with van der Waals surface area (Å²) in [6, 6.07) is 14.7. The number of rotatable bonds is 11. The Labute approximate surface area is 228 Å². The van der Waals surface area contributed by atoms with Crippen LogP contribution in [0.4, 0.5) is 10.1 Å². The number of nitrogens with two attached hydrogens (primary N) is 1. The molecule has 0 aliphatic carbocycles.